The number of hydrogen-bond donors (Lipinski definition) is 2. The van der Waals surface area contributed by atoms with Gasteiger partial charge in [-0.05, 0) is 33.6 Å². The van der Waals surface area contributed by atoms with E-state index in [4.69, 9.17) is 4.74 Å². The number of hydrogen-bond acceptors (Lipinski definition) is 5. The molecule has 0 spiro atoms. The molecular formula is C18H33N5O2S. The molecule has 1 aromatic rings. The van der Waals surface area contributed by atoms with Gasteiger partial charge >= 0.3 is 6.09 Å². The van der Waals surface area contributed by atoms with Gasteiger partial charge in [-0.3, -0.25) is 4.99 Å². The van der Waals surface area contributed by atoms with Crippen molar-refractivity contribution in [2.45, 2.75) is 46.6 Å². The largest absolute Gasteiger partial charge is 0.444 e. The fourth-order valence-electron chi connectivity index (χ4n) is 2.24. The van der Waals surface area contributed by atoms with E-state index in [1.165, 1.54) is 4.88 Å². The highest BCUT2D eigenvalue weighted by Crippen LogP contribution is 2.11. The zero-order valence-electron chi connectivity index (χ0n) is 17.0. The minimum absolute atomic E-state index is 0.257. The summed E-state index contributed by atoms with van der Waals surface area (Å²) in [6.07, 6.45) is 2.47. The molecule has 1 heterocycles. The molecule has 2 N–H and O–H groups in total. The number of rotatable bonds is 7. The van der Waals surface area contributed by atoms with Crippen LogP contribution in [0, 0.1) is 12.8 Å². The van der Waals surface area contributed by atoms with Crippen LogP contribution in [0.3, 0.4) is 0 Å². The lowest BCUT2D eigenvalue weighted by atomic mass is 10.1. The van der Waals surface area contributed by atoms with Crippen molar-refractivity contribution in [2.24, 2.45) is 10.9 Å². The molecule has 0 saturated heterocycles. The van der Waals surface area contributed by atoms with E-state index in [0.29, 0.717) is 13.1 Å². The highest BCUT2D eigenvalue weighted by atomic mass is 32.1. The molecule has 1 rings (SSSR count). The molecule has 1 amide bonds. The van der Waals surface area contributed by atoms with Gasteiger partial charge in [0.1, 0.15) is 5.60 Å². The van der Waals surface area contributed by atoms with Crippen molar-refractivity contribution in [1.82, 2.24) is 20.5 Å². The number of aromatic nitrogens is 1. The van der Waals surface area contributed by atoms with E-state index >= 15 is 0 Å². The zero-order valence-corrected chi connectivity index (χ0v) is 17.9. The number of nitrogens with zero attached hydrogens (tertiary/aromatic N) is 3. The van der Waals surface area contributed by atoms with Crippen LogP contribution in [-0.2, 0) is 11.2 Å². The number of guanidine groups is 1. The first kappa shape index (κ1) is 22.2. The van der Waals surface area contributed by atoms with Crippen molar-refractivity contribution in [3.63, 3.8) is 0 Å². The summed E-state index contributed by atoms with van der Waals surface area (Å²) in [5, 5.41) is 7.71. The second-order valence-corrected chi connectivity index (χ2v) is 8.78. The first-order valence-electron chi connectivity index (χ1n) is 8.90. The van der Waals surface area contributed by atoms with Crippen molar-refractivity contribution < 1.29 is 9.53 Å². The minimum atomic E-state index is -0.477. The van der Waals surface area contributed by atoms with Crippen LogP contribution in [0.2, 0.25) is 0 Å². The number of aliphatic imine (C=N–C) groups is 1. The van der Waals surface area contributed by atoms with Crippen molar-refractivity contribution in [2.75, 3.05) is 33.7 Å². The minimum Gasteiger partial charge on any atom is -0.444 e. The average molecular weight is 384 g/mol. The molecule has 1 aromatic heterocycles. The molecule has 0 radical (unpaired) electrons. The topological polar surface area (TPSA) is 78.9 Å². The molecule has 0 fully saturated rings. The standard InChI is InChI=1S/C18H33N5O2S/c1-13(12-23(7)17(24)25-18(3,4)5)10-22-16(19-6)20-9-8-15-21-11-14(2)26-15/h11,13H,8-10,12H2,1-7H3,(H2,19,20,22). The number of amides is 1. The molecule has 0 saturated carbocycles. The number of aryl methyl sites for hydroxylation is 1. The third kappa shape index (κ3) is 9.03. The molecule has 8 heteroatoms. The molecule has 7 nitrogen and oxygen atoms in total. The lowest BCUT2D eigenvalue weighted by Gasteiger charge is -2.26. The van der Waals surface area contributed by atoms with Crippen LogP contribution < -0.4 is 10.6 Å². The quantitative estimate of drug-likeness (QED) is 0.559. The summed E-state index contributed by atoms with van der Waals surface area (Å²) in [5.41, 5.74) is -0.477. The van der Waals surface area contributed by atoms with E-state index in [2.05, 4.69) is 34.5 Å². The van der Waals surface area contributed by atoms with Gasteiger partial charge in [-0.15, -0.1) is 11.3 Å². The van der Waals surface area contributed by atoms with Gasteiger partial charge < -0.3 is 20.3 Å². The Hall–Kier alpha value is -1.83. The maximum atomic E-state index is 12.0. The summed E-state index contributed by atoms with van der Waals surface area (Å²) >= 11 is 1.72. The summed E-state index contributed by atoms with van der Waals surface area (Å²) in [5.74, 6) is 1.01. The van der Waals surface area contributed by atoms with Crippen LogP contribution in [0.4, 0.5) is 4.79 Å². The first-order valence-corrected chi connectivity index (χ1v) is 9.72. The smallest absolute Gasteiger partial charge is 0.410 e. The van der Waals surface area contributed by atoms with Crippen LogP contribution in [0.15, 0.2) is 11.2 Å². The molecular weight excluding hydrogens is 350 g/mol. The Morgan fingerprint density at radius 2 is 2.12 bits per heavy atom. The van der Waals surface area contributed by atoms with Crippen LogP contribution in [-0.4, -0.2) is 61.3 Å². The summed E-state index contributed by atoms with van der Waals surface area (Å²) in [4.78, 5) is 23.4. The van der Waals surface area contributed by atoms with Gasteiger partial charge in [0.05, 0.1) is 5.01 Å². The Kier molecular flexibility index (Phi) is 8.84. The van der Waals surface area contributed by atoms with Crippen LogP contribution in [0.25, 0.3) is 0 Å². The van der Waals surface area contributed by atoms with Crippen molar-refractivity contribution in [3.8, 4) is 0 Å². The summed E-state index contributed by atoms with van der Waals surface area (Å²) in [6.45, 7) is 11.8. The van der Waals surface area contributed by atoms with Crippen molar-refractivity contribution in [3.05, 3.63) is 16.1 Å². The first-order chi connectivity index (χ1) is 12.1. The number of nitrogens with one attached hydrogen (secondary N) is 2. The average Bonchev–Trinajstić information content (AvgIpc) is 2.94. The third-order valence-electron chi connectivity index (χ3n) is 3.43. The highest BCUT2D eigenvalue weighted by molar-refractivity contribution is 7.11. The van der Waals surface area contributed by atoms with E-state index in [-0.39, 0.29) is 12.0 Å². The van der Waals surface area contributed by atoms with Gasteiger partial charge in [-0.2, -0.15) is 0 Å². The Balaban J connectivity index is 2.30. The van der Waals surface area contributed by atoms with E-state index in [1.807, 2.05) is 27.0 Å². The fraction of sp³-hybridized carbons (Fsp3) is 0.722. The SMILES string of the molecule is CN=C(NCCc1ncc(C)s1)NCC(C)CN(C)C(=O)OC(C)(C)C. The fourth-order valence-corrected chi connectivity index (χ4v) is 3.03. The molecule has 26 heavy (non-hydrogen) atoms. The van der Waals surface area contributed by atoms with Gasteiger partial charge in [0.2, 0.25) is 0 Å². The van der Waals surface area contributed by atoms with Gasteiger partial charge in [0.25, 0.3) is 0 Å². The van der Waals surface area contributed by atoms with Crippen molar-refractivity contribution >= 4 is 23.4 Å². The van der Waals surface area contributed by atoms with Crippen LogP contribution in [0.1, 0.15) is 37.6 Å². The summed E-state index contributed by atoms with van der Waals surface area (Å²) in [7, 11) is 3.51. The maximum Gasteiger partial charge on any atom is 0.410 e. The Morgan fingerprint density at radius 1 is 1.42 bits per heavy atom. The third-order valence-corrected chi connectivity index (χ3v) is 4.41. The van der Waals surface area contributed by atoms with Gasteiger partial charge in [0.15, 0.2) is 5.96 Å². The summed E-state index contributed by atoms with van der Waals surface area (Å²) in [6, 6.07) is 0. The van der Waals surface area contributed by atoms with Gasteiger partial charge in [0, 0.05) is 51.2 Å². The second-order valence-electron chi connectivity index (χ2n) is 7.46. The van der Waals surface area contributed by atoms with E-state index in [0.717, 1.165) is 23.9 Å². The molecule has 0 aromatic carbocycles. The zero-order chi connectivity index (χ0) is 19.7. The normalized spacial score (nSPS) is 13.3. The van der Waals surface area contributed by atoms with E-state index in [9.17, 15) is 4.79 Å². The molecule has 148 valence electrons. The lowest BCUT2D eigenvalue weighted by Crippen LogP contribution is -2.43. The number of carbonyl (C=O) groups is 1. The number of ether oxygens (including phenoxy) is 1. The highest BCUT2D eigenvalue weighted by Gasteiger charge is 2.20. The van der Waals surface area contributed by atoms with Crippen LogP contribution >= 0.6 is 11.3 Å². The second kappa shape index (κ2) is 10.4. The number of thiazole rings is 1. The molecule has 0 aliphatic rings. The Labute approximate surface area is 161 Å². The molecule has 1 atom stereocenters. The van der Waals surface area contributed by atoms with Gasteiger partial charge in [-0.25, -0.2) is 9.78 Å². The maximum absolute atomic E-state index is 12.0. The predicted molar refractivity (Wildman–Crippen MR) is 108 cm³/mol. The van der Waals surface area contributed by atoms with E-state index < -0.39 is 5.60 Å². The monoisotopic (exact) mass is 383 g/mol. The Bertz CT molecular complexity index is 595. The lowest BCUT2D eigenvalue weighted by molar-refractivity contribution is 0.0278. The molecule has 0 aliphatic heterocycles. The Morgan fingerprint density at radius 3 is 2.65 bits per heavy atom. The van der Waals surface area contributed by atoms with Crippen LogP contribution in [0.5, 0.6) is 0 Å². The summed E-state index contributed by atoms with van der Waals surface area (Å²) < 4.78 is 5.37. The molecule has 0 aliphatic carbocycles. The van der Waals surface area contributed by atoms with E-state index in [1.54, 1.807) is 30.3 Å². The molecule has 0 bridgehead atoms. The number of carbonyl (C=O) groups excluding carboxylic acids is 1. The van der Waals surface area contributed by atoms with Crippen molar-refractivity contribution in [1.29, 1.82) is 0 Å². The van der Waals surface area contributed by atoms with Gasteiger partial charge in [-0.1, -0.05) is 6.92 Å². The predicted octanol–water partition coefficient (Wildman–Crippen LogP) is 2.66. The molecule has 1 unspecified atom stereocenters.